The summed E-state index contributed by atoms with van der Waals surface area (Å²) in [5.41, 5.74) is 6.93. The maximum absolute atomic E-state index is 5.13. The molecule has 0 aliphatic carbocycles. The van der Waals surface area contributed by atoms with Gasteiger partial charge >= 0.3 is 0 Å². The molecule has 1 aliphatic rings. The van der Waals surface area contributed by atoms with Crippen LogP contribution in [0.4, 0.5) is 22.9 Å². The largest absolute Gasteiger partial charge is 0.351 e. The number of pyridine rings is 1. The normalized spacial score (nSPS) is 13.0. The van der Waals surface area contributed by atoms with Crippen LogP contribution < -0.4 is 10.2 Å². The average Bonchev–Trinajstić information content (AvgIpc) is 2.72. The Hall–Kier alpha value is -3.33. The summed E-state index contributed by atoms with van der Waals surface area (Å²) in [5, 5.41) is 4.92. The second-order valence-corrected chi connectivity index (χ2v) is 8.62. The molecule has 144 valence electrons. The van der Waals surface area contributed by atoms with E-state index in [0.717, 1.165) is 29.1 Å². The summed E-state index contributed by atoms with van der Waals surface area (Å²) < 4.78 is 0. The Bertz CT molecular complexity index is 1190. The number of benzene rings is 3. The lowest BCUT2D eigenvalue weighted by Gasteiger charge is -2.42. The van der Waals surface area contributed by atoms with Crippen LogP contribution in [-0.4, -0.2) is 10.5 Å². The molecule has 0 unspecified atom stereocenters. The minimum Gasteiger partial charge on any atom is -0.351 e. The molecule has 3 heteroatoms. The van der Waals surface area contributed by atoms with Crippen molar-refractivity contribution in [3.63, 3.8) is 0 Å². The lowest BCUT2D eigenvalue weighted by atomic mass is 9.95. The van der Waals surface area contributed by atoms with Gasteiger partial charge in [0, 0.05) is 17.3 Å². The van der Waals surface area contributed by atoms with E-state index in [0.29, 0.717) is 0 Å². The van der Waals surface area contributed by atoms with Crippen LogP contribution in [0.2, 0.25) is 0 Å². The van der Waals surface area contributed by atoms with Crippen LogP contribution in [0.25, 0.3) is 10.9 Å². The molecular formula is C26H25N3. The van der Waals surface area contributed by atoms with Gasteiger partial charge in [-0.3, -0.25) is 0 Å². The molecule has 0 atom stereocenters. The van der Waals surface area contributed by atoms with E-state index in [2.05, 4.69) is 110 Å². The molecule has 0 spiro atoms. The summed E-state index contributed by atoms with van der Waals surface area (Å²) in [6.45, 7) is 6.73. The van der Waals surface area contributed by atoms with Crippen molar-refractivity contribution < 1.29 is 0 Å². The van der Waals surface area contributed by atoms with E-state index in [1.54, 1.807) is 0 Å². The third kappa shape index (κ3) is 3.03. The minimum atomic E-state index is -0.105. The van der Waals surface area contributed by atoms with Crippen molar-refractivity contribution in [1.82, 2.24) is 4.98 Å². The Morgan fingerprint density at radius 3 is 2.31 bits per heavy atom. The maximum atomic E-state index is 5.13. The molecule has 0 fully saturated rings. The van der Waals surface area contributed by atoms with Gasteiger partial charge in [0.05, 0.1) is 22.6 Å². The molecule has 0 bridgehead atoms. The van der Waals surface area contributed by atoms with Crippen LogP contribution in [0.15, 0.2) is 78.9 Å². The Morgan fingerprint density at radius 1 is 0.828 bits per heavy atom. The molecule has 3 nitrogen and oxygen atoms in total. The van der Waals surface area contributed by atoms with E-state index in [9.17, 15) is 0 Å². The SMILES string of the molecule is CC(C)(C)N1c2ccccc2Nc2c1nc1ccccc1c2Cc1ccccc1. The molecule has 4 aromatic rings. The van der Waals surface area contributed by atoms with Gasteiger partial charge in [0.25, 0.3) is 0 Å². The highest BCUT2D eigenvalue weighted by Crippen LogP contribution is 2.49. The predicted molar refractivity (Wildman–Crippen MR) is 123 cm³/mol. The van der Waals surface area contributed by atoms with Crippen molar-refractivity contribution in [3.8, 4) is 0 Å². The highest BCUT2D eigenvalue weighted by atomic mass is 15.3. The van der Waals surface area contributed by atoms with Gasteiger partial charge in [-0.2, -0.15) is 0 Å². The molecule has 1 aromatic heterocycles. The quantitative estimate of drug-likeness (QED) is 0.414. The average molecular weight is 380 g/mol. The second kappa shape index (κ2) is 6.63. The monoisotopic (exact) mass is 379 g/mol. The van der Waals surface area contributed by atoms with Gasteiger partial charge in [0.2, 0.25) is 0 Å². The zero-order chi connectivity index (χ0) is 20.0. The lowest BCUT2D eigenvalue weighted by molar-refractivity contribution is 0.555. The van der Waals surface area contributed by atoms with Crippen LogP contribution in [0.1, 0.15) is 31.9 Å². The summed E-state index contributed by atoms with van der Waals surface area (Å²) in [7, 11) is 0. The highest BCUT2D eigenvalue weighted by molar-refractivity contribution is 5.99. The Kier molecular flexibility index (Phi) is 4.06. The number of hydrogen-bond donors (Lipinski definition) is 1. The van der Waals surface area contributed by atoms with Crippen molar-refractivity contribution in [2.75, 3.05) is 10.2 Å². The number of anilines is 4. The summed E-state index contributed by atoms with van der Waals surface area (Å²) in [5.74, 6) is 1.00. The first-order valence-corrected chi connectivity index (χ1v) is 10.1. The summed E-state index contributed by atoms with van der Waals surface area (Å²) in [6.07, 6.45) is 0.860. The molecule has 0 amide bonds. The van der Waals surface area contributed by atoms with Gasteiger partial charge in [-0.1, -0.05) is 60.7 Å². The first-order valence-electron chi connectivity index (χ1n) is 10.1. The molecule has 0 radical (unpaired) electrons. The van der Waals surface area contributed by atoms with Crippen LogP contribution in [-0.2, 0) is 6.42 Å². The zero-order valence-corrected chi connectivity index (χ0v) is 17.1. The van der Waals surface area contributed by atoms with Gasteiger partial charge in [0.1, 0.15) is 0 Å². The molecule has 0 saturated carbocycles. The topological polar surface area (TPSA) is 28.2 Å². The number of rotatable bonds is 2. The van der Waals surface area contributed by atoms with Gasteiger partial charge in [-0.25, -0.2) is 4.98 Å². The number of aromatic nitrogens is 1. The first-order chi connectivity index (χ1) is 14.0. The fraction of sp³-hybridized carbons (Fsp3) is 0.192. The van der Waals surface area contributed by atoms with Crippen LogP contribution in [0.3, 0.4) is 0 Å². The number of para-hydroxylation sites is 3. The number of nitrogens with zero attached hydrogens (tertiary/aromatic N) is 2. The van der Waals surface area contributed by atoms with E-state index >= 15 is 0 Å². The third-order valence-corrected chi connectivity index (χ3v) is 5.49. The molecule has 1 aliphatic heterocycles. The molecular weight excluding hydrogens is 354 g/mol. The standard InChI is InChI=1S/C26H25N3/c1-26(2,3)29-23-16-10-9-15-22(23)27-24-20(17-18-11-5-4-6-12-18)19-13-7-8-14-21(19)28-25(24)29/h4-16,27H,17H2,1-3H3. The fourth-order valence-electron chi connectivity index (χ4n) is 4.24. The molecule has 5 rings (SSSR count). The van der Waals surface area contributed by atoms with Crippen molar-refractivity contribution in [1.29, 1.82) is 0 Å². The van der Waals surface area contributed by atoms with E-state index in [1.165, 1.54) is 22.2 Å². The Morgan fingerprint density at radius 2 is 1.52 bits per heavy atom. The number of hydrogen-bond acceptors (Lipinski definition) is 3. The number of nitrogens with one attached hydrogen (secondary N) is 1. The first kappa shape index (κ1) is 17.7. The van der Waals surface area contributed by atoms with Gasteiger partial charge in [-0.05, 0) is 50.1 Å². The smallest absolute Gasteiger partial charge is 0.158 e. The zero-order valence-electron chi connectivity index (χ0n) is 17.1. The Labute approximate surface area is 172 Å². The van der Waals surface area contributed by atoms with E-state index in [4.69, 9.17) is 4.98 Å². The molecule has 1 N–H and O–H groups in total. The van der Waals surface area contributed by atoms with E-state index in [-0.39, 0.29) is 5.54 Å². The van der Waals surface area contributed by atoms with E-state index in [1.807, 2.05) is 0 Å². The van der Waals surface area contributed by atoms with Crippen LogP contribution >= 0.6 is 0 Å². The predicted octanol–water partition coefficient (Wildman–Crippen LogP) is 6.82. The van der Waals surface area contributed by atoms with Gasteiger partial charge < -0.3 is 10.2 Å². The maximum Gasteiger partial charge on any atom is 0.158 e. The lowest BCUT2D eigenvalue weighted by Crippen LogP contribution is -2.40. The Balaban J connectivity index is 1.80. The van der Waals surface area contributed by atoms with E-state index < -0.39 is 0 Å². The summed E-state index contributed by atoms with van der Waals surface area (Å²) in [4.78, 5) is 7.50. The van der Waals surface area contributed by atoms with Crippen LogP contribution in [0.5, 0.6) is 0 Å². The third-order valence-electron chi connectivity index (χ3n) is 5.49. The molecule has 0 saturated heterocycles. The minimum absolute atomic E-state index is 0.105. The molecule has 29 heavy (non-hydrogen) atoms. The highest BCUT2D eigenvalue weighted by Gasteiger charge is 2.33. The summed E-state index contributed by atoms with van der Waals surface area (Å²) in [6, 6.07) is 27.6. The van der Waals surface area contributed by atoms with Crippen molar-refractivity contribution in [3.05, 3.63) is 90.0 Å². The van der Waals surface area contributed by atoms with Gasteiger partial charge in [-0.15, -0.1) is 0 Å². The van der Waals surface area contributed by atoms with Gasteiger partial charge in [0.15, 0.2) is 5.82 Å². The molecule has 3 aromatic carbocycles. The molecule has 2 heterocycles. The second-order valence-electron chi connectivity index (χ2n) is 8.62. The van der Waals surface area contributed by atoms with Crippen molar-refractivity contribution >= 4 is 33.8 Å². The van der Waals surface area contributed by atoms with Crippen LogP contribution in [0, 0.1) is 0 Å². The fourth-order valence-corrected chi connectivity index (χ4v) is 4.24. The van der Waals surface area contributed by atoms with Crippen molar-refractivity contribution in [2.45, 2.75) is 32.7 Å². The van der Waals surface area contributed by atoms with Crippen molar-refractivity contribution in [2.24, 2.45) is 0 Å². The summed E-state index contributed by atoms with van der Waals surface area (Å²) >= 11 is 0. The number of fused-ring (bicyclic) bond motifs is 3.